The van der Waals surface area contributed by atoms with Crippen molar-refractivity contribution in [1.82, 2.24) is 24.9 Å². The van der Waals surface area contributed by atoms with E-state index in [1.807, 2.05) is 109 Å². The Morgan fingerprint density at radius 3 is 1.42 bits per heavy atom. The van der Waals surface area contributed by atoms with Crippen LogP contribution in [0, 0.1) is 6.57 Å². The van der Waals surface area contributed by atoms with Crippen molar-refractivity contribution in [3.05, 3.63) is 206 Å². The fourth-order valence-corrected chi connectivity index (χ4v) is 8.39. The van der Waals surface area contributed by atoms with Gasteiger partial charge in [0.25, 0.3) is 0 Å². The summed E-state index contributed by atoms with van der Waals surface area (Å²) in [6.45, 7) is 7.45. The van der Waals surface area contributed by atoms with Crippen LogP contribution in [0.3, 0.4) is 0 Å². The second-order valence-electron chi connectivity index (χ2n) is 14.7. The summed E-state index contributed by atoms with van der Waals surface area (Å²) >= 11 is 0. The van der Waals surface area contributed by atoms with E-state index in [9.17, 15) is 0 Å². The third-order valence-corrected chi connectivity index (χ3v) is 11.2. The molecule has 6 heteroatoms. The highest BCUT2D eigenvalue weighted by Gasteiger charge is 2.19. The van der Waals surface area contributed by atoms with Gasteiger partial charge in [-0.3, -0.25) is 9.97 Å². The fourth-order valence-electron chi connectivity index (χ4n) is 8.39. The van der Waals surface area contributed by atoms with Gasteiger partial charge in [0.2, 0.25) is 0 Å². The first-order valence-electron chi connectivity index (χ1n) is 19.8. The summed E-state index contributed by atoms with van der Waals surface area (Å²) < 4.78 is 0. The number of benzene rings is 8. The van der Waals surface area contributed by atoms with Crippen LogP contribution in [-0.2, 0) is 0 Å². The van der Waals surface area contributed by atoms with Crippen LogP contribution in [0.1, 0.15) is 0 Å². The normalized spacial score (nSPS) is 11.3. The van der Waals surface area contributed by atoms with Gasteiger partial charge < -0.3 is 0 Å². The lowest BCUT2D eigenvalue weighted by Gasteiger charge is -2.17. The lowest BCUT2D eigenvalue weighted by molar-refractivity contribution is 1.07. The zero-order chi connectivity index (χ0) is 40.0. The van der Waals surface area contributed by atoms with Gasteiger partial charge >= 0.3 is 0 Å². The van der Waals surface area contributed by atoms with Crippen LogP contribution in [0.2, 0.25) is 0 Å². The van der Waals surface area contributed by atoms with Crippen LogP contribution in [0.4, 0.5) is 5.69 Å². The molecular weight excluding hydrogens is 733 g/mol. The number of fused-ring (bicyclic) bond motifs is 6. The first-order valence-corrected chi connectivity index (χ1v) is 19.8. The van der Waals surface area contributed by atoms with Crippen molar-refractivity contribution in [1.29, 1.82) is 0 Å². The quantitative estimate of drug-likeness (QED) is 0.125. The first kappa shape index (κ1) is 34.8. The zero-order valence-corrected chi connectivity index (χ0v) is 32.2. The SMILES string of the molecule is [C-]#[N+]c1ccc(-c2cc3c4cccnc4c(-c4ccc(-c5cccc(-c6nc(-c7ccccc7)nc(-c7ccccc7)n6)c5)c5ccccc45)cc3c3cccnc23)cc1. The van der Waals surface area contributed by atoms with Crippen LogP contribution in [0.5, 0.6) is 0 Å². The van der Waals surface area contributed by atoms with Gasteiger partial charge in [0.15, 0.2) is 23.2 Å². The summed E-state index contributed by atoms with van der Waals surface area (Å²) in [7, 11) is 0. The molecular formula is C54H32N6. The summed E-state index contributed by atoms with van der Waals surface area (Å²) in [6, 6.07) is 62.3. The molecule has 0 aliphatic heterocycles. The van der Waals surface area contributed by atoms with Gasteiger partial charge in [0, 0.05) is 51.0 Å². The molecule has 278 valence electrons. The maximum atomic E-state index is 7.45. The third-order valence-electron chi connectivity index (χ3n) is 11.2. The van der Waals surface area contributed by atoms with E-state index in [4.69, 9.17) is 31.5 Å². The first-order chi connectivity index (χ1) is 29.7. The molecule has 0 atom stereocenters. The number of rotatable bonds is 6. The summed E-state index contributed by atoms with van der Waals surface area (Å²) in [5.74, 6) is 1.88. The number of pyridine rings is 2. The van der Waals surface area contributed by atoms with Gasteiger partial charge in [-0.15, -0.1) is 0 Å². The van der Waals surface area contributed by atoms with Crippen molar-refractivity contribution in [3.63, 3.8) is 0 Å². The van der Waals surface area contributed by atoms with E-state index < -0.39 is 0 Å². The highest BCUT2D eigenvalue weighted by molar-refractivity contribution is 6.23. The molecule has 60 heavy (non-hydrogen) atoms. The average molecular weight is 765 g/mol. The molecule has 3 aromatic heterocycles. The van der Waals surface area contributed by atoms with E-state index in [-0.39, 0.29) is 0 Å². The molecule has 0 fully saturated rings. The van der Waals surface area contributed by atoms with Gasteiger partial charge in [-0.25, -0.2) is 19.8 Å². The lowest BCUT2D eigenvalue weighted by Crippen LogP contribution is -2.00. The van der Waals surface area contributed by atoms with Crippen LogP contribution < -0.4 is 0 Å². The second kappa shape index (κ2) is 14.5. The van der Waals surface area contributed by atoms with E-state index in [1.165, 1.54) is 0 Å². The van der Waals surface area contributed by atoms with Gasteiger partial charge in [0.05, 0.1) is 17.6 Å². The molecule has 0 aliphatic carbocycles. The summed E-state index contributed by atoms with van der Waals surface area (Å²) in [5, 5.41) is 6.60. The molecule has 3 heterocycles. The predicted octanol–water partition coefficient (Wildman–Crippen LogP) is 13.8. The molecule has 11 aromatic rings. The Morgan fingerprint density at radius 2 is 0.800 bits per heavy atom. The molecule has 0 saturated carbocycles. The third kappa shape index (κ3) is 6.01. The molecule has 0 saturated heterocycles. The van der Waals surface area contributed by atoms with Crippen LogP contribution in [0.15, 0.2) is 194 Å². The van der Waals surface area contributed by atoms with Crippen molar-refractivity contribution in [2.45, 2.75) is 0 Å². The van der Waals surface area contributed by atoms with Crippen molar-refractivity contribution < 1.29 is 0 Å². The van der Waals surface area contributed by atoms with Gasteiger partial charge in [0.1, 0.15) is 0 Å². The van der Waals surface area contributed by atoms with E-state index >= 15 is 0 Å². The lowest BCUT2D eigenvalue weighted by atomic mass is 9.88. The Labute approximate surface area is 346 Å². The molecule has 0 aliphatic rings. The van der Waals surface area contributed by atoms with E-state index in [1.54, 1.807) is 0 Å². The number of aromatic nitrogens is 5. The molecule has 0 N–H and O–H groups in total. The van der Waals surface area contributed by atoms with E-state index in [0.717, 1.165) is 93.4 Å². The van der Waals surface area contributed by atoms with E-state index in [2.05, 4.69) is 89.8 Å². The molecule has 8 aromatic carbocycles. The highest BCUT2D eigenvalue weighted by Crippen LogP contribution is 2.44. The molecule has 6 nitrogen and oxygen atoms in total. The van der Waals surface area contributed by atoms with Crippen LogP contribution >= 0.6 is 0 Å². The monoisotopic (exact) mass is 764 g/mol. The van der Waals surface area contributed by atoms with Crippen molar-refractivity contribution in [2.24, 2.45) is 0 Å². The number of hydrogen-bond donors (Lipinski definition) is 0. The molecule has 11 rings (SSSR count). The Bertz CT molecular complexity index is 3430. The Morgan fingerprint density at radius 1 is 0.317 bits per heavy atom. The van der Waals surface area contributed by atoms with Crippen molar-refractivity contribution >= 4 is 49.0 Å². The molecule has 0 unspecified atom stereocenters. The summed E-state index contributed by atoms with van der Waals surface area (Å²) in [4.78, 5) is 28.5. The minimum Gasteiger partial charge on any atom is -0.256 e. The second-order valence-corrected chi connectivity index (χ2v) is 14.7. The topological polar surface area (TPSA) is 68.8 Å². The average Bonchev–Trinajstić information content (AvgIpc) is 3.33. The Hall–Kier alpha value is -8.40. The van der Waals surface area contributed by atoms with Crippen molar-refractivity contribution in [3.8, 4) is 67.5 Å². The zero-order valence-electron chi connectivity index (χ0n) is 32.2. The summed E-state index contributed by atoms with van der Waals surface area (Å²) in [6.07, 6.45) is 3.72. The van der Waals surface area contributed by atoms with Crippen LogP contribution in [-0.4, -0.2) is 24.9 Å². The number of nitrogens with zero attached hydrogens (tertiary/aromatic N) is 6. The minimum atomic E-state index is 0.611. The maximum absolute atomic E-state index is 7.45. The standard InChI is InChI=1S/C54H32N6/c1-55-39-25-23-34(24-26-39)46-32-47-45-22-12-30-57-51(45)49(33-48(47)44-21-11-29-56-50(44)46)43-28-27-40(41-19-8-9-20-42(41)43)37-17-10-18-38(31-37)54-59-52(35-13-4-2-5-14-35)58-53(60-54)36-15-6-3-7-16-36/h2-33H. The molecule has 0 spiro atoms. The molecule has 0 radical (unpaired) electrons. The van der Waals surface area contributed by atoms with Crippen LogP contribution in [0.25, 0.3) is 116 Å². The maximum Gasteiger partial charge on any atom is 0.187 e. The largest absolute Gasteiger partial charge is 0.256 e. The fraction of sp³-hybridized carbons (Fsp3) is 0. The van der Waals surface area contributed by atoms with E-state index in [0.29, 0.717) is 23.2 Å². The Balaban J connectivity index is 1.08. The smallest absolute Gasteiger partial charge is 0.187 e. The minimum absolute atomic E-state index is 0.611. The predicted molar refractivity (Wildman–Crippen MR) is 244 cm³/mol. The van der Waals surface area contributed by atoms with Gasteiger partial charge in [-0.1, -0.05) is 152 Å². The number of hydrogen-bond acceptors (Lipinski definition) is 5. The molecule has 0 bridgehead atoms. The highest BCUT2D eigenvalue weighted by atomic mass is 15.0. The van der Waals surface area contributed by atoms with Crippen molar-refractivity contribution in [2.75, 3.05) is 0 Å². The Kier molecular flexibility index (Phi) is 8.42. The van der Waals surface area contributed by atoms with Gasteiger partial charge in [-0.05, 0) is 74.1 Å². The molecule has 0 amide bonds. The van der Waals surface area contributed by atoms with Gasteiger partial charge in [-0.2, -0.15) is 0 Å². The summed E-state index contributed by atoms with van der Waals surface area (Å²) in [5.41, 5.74) is 11.6.